The zero-order valence-corrected chi connectivity index (χ0v) is 16.6. The Bertz CT molecular complexity index is 1120. The van der Waals surface area contributed by atoms with Crippen molar-refractivity contribution in [3.05, 3.63) is 45.9 Å². The maximum atomic E-state index is 12.5. The van der Waals surface area contributed by atoms with E-state index in [-0.39, 0.29) is 42.6 Å². The SMILES string of the molecule is COC(=O)Cc1cccc(Cn2c(=O)[nH]c3c(N)nc(OCC4CCCO4)nc32)c1. The van der Waals surface area contributed by atoms with Crippen molar-refractivity contribution in [2.75, 3.05) is 26.1 Å². The first-order valence-corrected chi connectivity index (χ1v) is 9.68. The molecule has 4 rings (SSSR count). The molecular formula is C20H23N5O5. The highest BCUT2D eigenvalue weighted by atomic mass is 16.5. The summed E-state index contributed by atoms with van der Waals surface area (Å²) in [7, 11) is 1.35. The summed E-state index contributed by atoms with van der Waals surface area (Å²) in [5, 5.41) is 0. The van der Waals surface area contributed by atoms with E-state index in [1.165, 1.54) is 11.7 Å². The summed E-state index contributed by atoms with van der Waals surface area (Å²) < 4.78 is 17.4. The fourth-order valence-electron chi connectivity index (χ4n) is 3.44. The number of carbonyl (C=O) groups excluding carboxylic acids is 1. The summed E-state index contributed by atoms with van der Waals surface area (Å²) in [4.78, 5) is 35.3. The molecule has 1 fully saturated rings. The predicted octanol–water partition coefficient (Wildman–Crippen LogP) is 1.02. The first-order chi connectivity index (χ1) is 14.5. The Morgan fingerprint density at radius 1 is 1.37 bits per heavy atom. The van der Waals surface area contributed by atoms with Gasteiger partial charge in [-0.3, -0.25) is 9.36 Å². The lowest BCUT2D eigenvalue weighted by Gasteiger charge is -2.11. The number of H-pyrrole nitrogens is 1. The second-order valence-electron chi connectivity index (χ2n) is 7.13. The molecule has 1 atom stereocenters. The molecule has 10 nitrogen and oxygen atoms in total. The number of nitrogens with two attached hydrogens (primary N) is 1. The molecule has 0 bridgehead atoms. The topological polar surface area (TPSA) is 134 Å². The van der Waals surface area contributed by atoms with Gasteiger partial charge in [-0.25, -0.2) is 4.79 Å². The second-order valence-corrected chi connectivity index (χ2v) is 7.13. The van der Waals surface area contributed by atoms with Gasteiger partial charge in [0.2, 0.25) is 0 Å². The van der Waals surface area contributed by atoms with E-state index in [1.807, 2.05) is 24.3 Å². The average molecular weight is 413 g/mol. The Labute approximate surface area is 172 Å². The number of nitrogens with zero attached hydrogens (tertiary/aromatic N) is 3. The lowest BCUT2D eigenvalue weighted by Crippen LogP contribution is -2.19. The van der Waals surface area contributed by atoms with Gasteiger partial charge in [-0.15, -0.1) is 0 Å². The maximum absolute atomic E-state index is 12.5. The van der Waals surface area contributed by atoms with Crippen LogP contribution >= 0.6 is 0 Å². The lowest BCUT2D eigenvalue weighted by atomic mass is 10.1. The molecule has 0 saturated carbocycles. The van der Waals surface area contributed by atoms with Gasteiger partial charge in [0.05, 0.1) is 26.2 Å². The van der Waals surface area contributed by atoms with Gasteiger partial charge in [-0.05, 0) is 24.0 Å². The third-order valence-corrected chi connectivity index (χ3v) is 4.96. The molecule has 2 aromatic heterocycles. The van der Waals surface area contributed by atoms with E-state index >= 15 is 0 Å². The summed E-state index contributed by atoms with van der Waals surface area (Å²) in [5.74, 6) is -0.192. The Kier molecular flexibility index (Phi) is 5.66. The van der Waals surface area contributed by atoms with Crippen LogP contribution in [0.1, 0.15) is 24.0 Å². The smallest absolute Gasteiger partial charge is 0.328 e. The highest BCUT2D eigenvalue weighted by Crippen LogP contribution is 2.20. The van der Waals surface area contributed by atoms with Crippen LogP contribution in [0, 0.1) is 0 Å². The number of aromatic amines is 1. The first-order valence-electron chi connectivity index (χ1n) is 9.68. The summed E-state index contributed by atoms with van der Waals surface area (Å²) in [6.07, 6.45) is 2.09. The van der Waals surface area contributed by atoms with Crippen LogP contribution in [-0.4, -0.2) is 51.9 Å². The number of fused-ring (bicyclic) bond motifs is 1. The van der Waals surface area contributed by atoms with Crippen LogP contribution in [0.25, 0.3) is 11.2 Å². The van der Waals surface area contributed by atoms with Crippen LogP contribution in [0.2, 0.25) is 0 Å². The molecular weight excluding hydrogens is 390 g/mol. The Hall–Kier alpha value is -3.40. The van der Waals surface area contributed by atoms with Crippen LogP contribution in [0.4, 0.5) is 5.82 Å². The minimum Gasteiger partial charge on any atom is -0.469 e. The van der Waals surface area contributed by atoms with E-state index in [4.69, 9.17) is 19.9 Å². The number of imidazole rings is 1. The standard InChI is InChI=1S/C20H23N5O5/c1-28-15(26)9-12-4-2-5-13(8-12)10-25-18-16(22-20(25)27)17(21)23-19(24-18)30-11-14-6-3-7-29-14/h2,4-5,8,14H,3,6-7,9-11H2,1H3,(H,22,27)(H2,21,23,24). The van der Waals surface area contributed by atoms with E-state index in [9.17, 15) is 9.59 Å². The number of benzene rings is 1. The monoisotopic (exact) mass is 413 g/mol. The van der Waals surface area contributed by atoms with Gasteiger partial charge in [-0.1, -0.05) is 24.3 Å². The molecule has 1 aliphatic heterocycles. The lowest BCUT2D eigenvalue weighted by molar-refractivity contribution is -0.139. The fraction of sp³-hybridized carbons (Fsp3) is 0.400. The van der Waals surface area contributed by atoms with Crippen molar-refractivity contribution in [1.82, 2.24) is 19.5 Å². The number of ether oxygens (including phenoxy) is 3. The molecule has 0 spiro atoms. The summed E-state index contributed by atoms with van der Waals surface area (Å²) in [6.45, 7) is 1.30. The number of nitrogen functional groups attached to an aromatic ring is 1. The third-order valence-electron chi connectivity index (χ3n) is 4.96. The maximum Gasteiger partial charge on any atom is 0.328 e. The third kappa shape index (κ3) is 4.28. The molecule has 0 radical (unpaired) electrons. The molecule has 1 aliphatic rings. The molecule has 1 saturated heterocycles. The highest BCUT2D eigenvalue weighted by molar-refractivity contribution is 5.82. The predicted molar refractivity (Wildman–Crippen MR) is 108 cm³/mol. The van der Waals surface area contributed by atoms with E-state index in [2.05, 4.69) is 15.0 Å². The van der Waals surface area contributed by atoms with Crippen molar-refractivity contribution >= 4 is 23.0 Å². The molecule has 1 unspecified atom stereocenters. The normalized spacial score (nSPS) is 16.1. The van der Waals surface area contributed by atoms with E-state index in [1.54, 1.807) is 0 Å². The van der Waals surface area contributed by atoms with Crippen LogP contribution in [-0.2, 0) is 27.2 Å². The van der Waals surface area contributed by atoms with Crippen LogP contribution in [0.15, 0.2) is 29.1 Å². The van der Waals surface area contributed by atoms with Crippen molar-refractivity contribution in [2.45, 2.75) is 31.9 Å². The van der Waals surface area contributed by atoms with Crippen LogP contribution < -0.4 is 16.2 Å². The van der Waals surface area contributed by atoms with Gasteiger partial charge in [0.15, 0.2) is 11.5 Å². The average Bonchev–Trinajstić information content (AvgIpc) is 3.36. The van der Waals surface area contributed by atoms with Gasteiger partial charge in [0.25, 0.3) is 0 Å². The number of methoxy groups -OCH3 is 1. The van der Waals surface area contributed by atoms with Crippen LogP contribution in [0.5, 0.6) is 6.01 Å². The minimum absolute atomic E-state index is 0.0106. The van der Waals surface area contributed by atoms with Gasteiger partial charge >= 0.3 is 17.7 Å². The van der Waals surface area contributed by atoms with Gasteiger partial charge < -0.3 is 24.9 Å². The molecule has 10 heteroatoms. The van der Waals surface area contributed by atoms with Crippen molar-refractivity contribution < 1.29 is 19.0 Å². The largest absolute Gasteiger partial charge is 0.469 e. The van der Waals surface area contributed by atoms with E-state index in [0.717, 1.165) is 30.6 Å². The number of anilines is 1. The number of nitrogens with one attached hydrogen (secondary N) is 1. The number of aromatic nitrogens is 4. The molecule has 3 heterocycles. The quantitative estimate of drug-likeness (QED) is 0.548. The van der Waals surface area contributed by atoms with Crippen molar-refractivity contribution in [3.63, 3.8) is 0 Å². The summed E-state index contributed by atoms with van der Waals surface area (Å²) in [6, 6.07) is 7.47. The van der Waals surface area contributed by atoms with E-state index in [0.29, 0.717) is 17.8 Å². The van der Waals surface area contributed by atoms with E-state index < -0.39 is 0 Å². The number of carbonyl (C=O) groups is 1. The van der Waals surface area contributed by atoms with Gasteiger partial charge in [0.1, 0.15) is 12.1 Å². The fourth-order valence-corrected chi connectivity index (χ4v) is 3.44. The van der Waals surface area contributed by atoms with Gasteiger partial charge in [-0.2, -0.15) is 9.97 Å². The number of hydrogen-bond donors (Lipinski definition) is 2. The Morgan fingerprint density at radius 3 is 2.97 bits per heavy atom. The number of esters is 1. The first kappa shape index (κ1) is 19.9. The molecule has 0 amide bonds. The molecule has 3 N–H and O–H groups in total. The molecule has 1 aromatic carbocycles. The Morgan fingerprint density at radius 2 is 2.20 bits per heavy atom. The summed E-state index contributed by atoms with van der Waals surface area (Å²) >= 11 is 0. The second kappa shape index (κ2) is 8.54. The highest BCUT2D eigenvalue weighted by Gasteiger charge is 2.19. The number of rotatable bonds is 7. The molecule has 3 aromatic rings. The molecule has 30 heavy (non-hydrogen) atoms. The zero-order valence-electron chi connectivity index (χ0n) is 16.6. The number of hydrogen-bond acceptors (Lipinski definition) is 8. The van der Waals surface area contributed by atoms with Gasteiger partial charge in [0, 0.05) is 6.61 Å². The molecule has 0 aliphatic carbocycles. The van der Waals surface area contributed by atoms with Crippen molar-refractivity contribution in [1.29, 1.82) is 0 Å². The van der Waals surface area contributed by atoms with Crippen LogP contribution in [0.3, 0.4) is 0 Å². The summed E-state index contributed by atoms with van der Waals surface area (Å²) in [5.41, 5.74) is 7.99. The van der Waals surface area contributed by atoms with Crippen molar-refractivity contribution in [3.8, 4) is 6.01 Å². The Balaban J connectivity index is 1.60. The molecule has 158 valence electrons. The minimum atomic E-state index is -0.361. The zero-order chi connectivity index (χ0) is 21.1. The van der Waals surface area contributed by atoms with Crippen molar-refractivity contribution in [2.24, 2.45) is 0 Å².